The number of methoxy groups -OCH3 is 1. The second-order valence-corrected chi connectivity index (χ2v) is 20.3. The number of urea groups is 1. The molecule has 15 nitrogen and oxygen atoms in total. The van der Waals surface area contributed by atoms with Gasteiger partial charge in [0.25, 0.3) is 5.91 Å². The van der Waals surface area contributed by atoms with Crippen LogP contribution in [-0.4, -0.2) is 137 Å². The second kappa shape index (κ2) is 20.3. The van der Waals surface area contributed by atoms with E-state index in [1.807, 2.05) is 37.1 Å². The second-order valence-electron chi connectivity index (χ2n) is 19.4. The van der Waals surface area contributed by atoms with Gasteiger partial charge in [-0.25, -0.2) is 15.2 Å². The summed E-state index contributed by atoms with van der Waals surface area (Å²) in [4.78, 5) is 72.6. The van der Waals surface area contributed by atoms with Crippen LogP contribution in [0.25, 0.3) is 33.4 Å². The Kier molecular flexibility index (Phi) is 15.0. The molecule has 1 aromatic carbocycles. The lowest BCUT2D eigenvalue weighted by molar-refractivity contribution is -0.155. The van der Waals surface area contributed by atoms with Gasteiger partial charge in [-0.2, -0.15) is 0 Å². The number of carbonyl (C=O) groups is 4. The van der Waals surface area contributed by atoms with Gasteiger partial charge >= 0.3 is 12.0 Å². The smallest absolute Gasteiger partial charge is 0.324 e. The van der Waals surface area contributed by atoms with Gasteiger partial charge < -0.3 is 34.1 Å². The normalized spacial score (nSPS) is 21.8. The molecule has 2 fully saturated rings. The largest absolute Gasteiger partial charge is 0.464 e. The highest BCUT2D eigenvalue weighted by Gasteiger charge is 2.39. The molecule has 65 heavy (non-hydrogen) atoms. The third-order valence-corrected chi connectivity index (χ3v) is 14.3. The number of hydrogen-bond acceptors (Lipinski definition) is 11. The third kappa shape index (κ3) is 10.4. The number of hydrazine groups is 1. The summed E-state index contributed by atoms with van der Waals surface area (Å²) in [7, 11) is 7.51. The summed E-state index contributed by atoms with van der Waals surface area (Å²) in [6, 6.07) is 8.03. The number of thiazole rings is 1. The molecule has 0 radical (unpaired) electrons. The predicted octanol–water partition coefficient (Wildman–Crippen LogP) is 6.70. The maximum Gasteiger partial charge on any atom is 0.324 e. The zero-order valence-corrected chi connectivity index (χ0v) is 40.8. The van der Waals surface area contributed by atoms with Crippen molar-refractivity contribution in [2.24, 2.45) is 11.3 Å². The third-order valence-electron chi connectivity index (χ3n) is 13.5. The summed E-state index contributed by atoms with van der Waals surface area (Å²) in [6.45, 7) is 14.6. The van der Waals surface area contributed by atoms with E-state index in [0.717, 1.165) is 63.9 Å². The van der Waals surface area contributed by atoms with E-state index in [9.17, 15) is 19.2 Å². The van der Waals surface area contributed by atoms with Crippen molar-refractivity contribution >= 4 is 46.1 Å². The van der Waals surface area contributed by atoms with Crippen LogP contribution in [0, 0.1) is 11.3 Å². The monoisotopic (exact) mass is 912 g/mol. The molecule has 0 saturated carbocycles. The van der Waals surface area contributed by atoms with Gasteiger partial charge in [0.05, 0.1) is 34.8 Å². The lowest BCUT2D eigenvalue weighted by atomic mass is 9.84. The highest BCUT2D eigenvalue weighted by molar-refractivity contribution is 7.10. The maximum atomic E-state index is 14.7. The fourth-order valence-corrected chi connectivity index (χ4v) is 10.7. The molecule has 2 N–H and O–H groups in total. The first kappa shape index (κ1) is 48.0. The van der Waals surface area contributed by atoms with E-state index in [1.54, 1.807) is 20.4 Å². The Morgan fingerprint density at radius 3 is 2.55 bits per heavy atom. The van der Waals surface area contributed by atoms with E-state index in [2.05, 4.69) is 79.3 Å². The van der Waals surface area contributed by atoms with Crippen molar-refractivity contribution in [3.05, 3.63) is 58.2 Å². The number of aryl methyl sites for hydroxylation is 1. The van der Waals surface area contributed by atoms with Crippen molar-refractivity contribution in [3.63, 3.8) is 0 Å². The number of cyclic esters (lactones) is 1. The molecule has 3 aliphatic rings. The van der Waals surface area contributed by atoms with Gasteiger partial charge in [0.1, 0.15) is 18.1 Å². The summed E-state index contributed by atoms with van der Waals surface area (Å²) in [6.07, 6.45) is 6.05. The van der Waals surface area contributed by atoms with Crippen LogP contribution in [0.15, 0.2) is 41.9 Å². The van der Waals surface area contributed by atoms with Crippen LogP contribution in [-0.2, 0) is 43.2 Å². The Morgan fingerprint density at radius 2 is 1.83 bits per heavy atom. The molecule has 7 rings (SSSR count). The van der Waals surface area contributed by atoms with Crippen molar-refractivity contribution in [2.45, 2.75) is 123 Å². The van der Waals surface area contributed by atoms with Crippen LogP contribution in [0.5, 0.6) is 0 Å². The molecular formula is C49H69N9O6S. The first-order valence-electron chi connectivity index (χ1n) is 23.3. The molecule has 2 saturated heterocycles. The van der Waals surface area contributed by atoms with Crippen LogP contribution >= 0.6 is 11.3 Å². The number of ether oxygens (including phenoxy) is 2. The van der Waals surface area contributed by atoms with Crippen molar-refractivity contribution < 1.29 is 28.7 Å². The molecule has 3 aromatic heterocycles. The summed E-state index contributed by atoms with van der Waals surface area (Å²) in [5, 5.41) is 8.26. The molecule has 0 aliphatic carbocycles. The Hall–Kier alpha value is -4.90. The van der Waals surface area contributed by atoms with Crippen LogP contribution in [0.4, 0.5) is 4.79 Å². The van der Waals surface area contributed by atoms with E-state index in [4.69, 9.17) is 19.4 Å². The number of aromatic nitrogens is 3. The molecule has 6 bridgehead atoms. The number of rotatable bonds is 9. The Bertz CT molecular complexity index is 2360. The molecule has 3 aliphatic heterocycles. The quantitative estimate of drug-likeness (QED) is 0.174. The van der Waals surface area contributed by atoms with Crippen molar-refractivity contribution in [1.82, 2.24) is 45.0 Å². The predicted molar refractivity (Wildman–Crippen MR) is 254 cm³/mol. The minimum atomic E-state index is -1.04. The fraction of sp³-hybridized carbons (Fsp3) is 0.592. The molecule has 352 valence electrons. The number of likely N-dealkylation sites (N-methyl/N-ethyl adjacent to an activating group) is 1. The van der Waals surface area contributed by atoms with Gasteiger partial charge in [0.15, 0.2) is 0 Å². The van der Waals surface area contributed by atoms with Gasteiger partial charge in [0.2, 0.25) is 5.91 Å². The zero-order chi connectivity index (χ0) is 46.7. The van der Waals surface area contributed by atoms with E-state index >= 15 is 0 Å². The molecular weight excluding hydrogens is 843 g/mol. The molecule has 4 aromatic rings. The number of amides is 4. The number of carbonyl (C=O) groups excluding carboxylic acids is 4. The highest BCUT2D eigenvalue weighted by atomic mass is 32.1. The van der Waals surface area contributed by atoms with Crippen LogP contribution < -0.4 is 10.7 Å². The summed E-state index contributed by atoms with van der Waals surface area (Å²) in [5.74, 6) is -1.49. The van der Waals surface area contributed by atoms with Gasteiger partial charge in [-0.15, -0.1) is 11.3 Å². The Morgan fingerprint density at radius 1 is 1.06 bits per heavy atom. The van der Waals surface area contributed by atoms with Gasteiger partial charge in [-0.3, -0.25) is 24.4 Å². The topological polar surface area (TPSA) is 154 Å². The number of nitrogens with one attached hydrogen (secondary N) is 2. The first-order chi connectivity index (χ1) is 31.0. The number of fused-ring (bicyclic) bond motifs is 6. The van der Waals surface area contributed by atoms with Crippen molar-refractivity contribution in [1.29, 1.82) is 0 Å². The van der Waals surface area contributed by atoms with E-state index in [1.165, 1.54) is 21.2 Å². The molecule has 0 spiro atoms. The molecule has 6 heterocycles. The van der Waals surface area contributed by atoms with Gasteiger partial charge in [0, 0.05) is 91.8 Å². The maximum absolute atomic E-state index is 14.7. The lowest BCUT2D eigenvalue weighted by Crippen LogP contribution is -2.62. The molecule has 4 amide bonds. The van der Waals surface area contributed by atoms with E-state index in [0.29, 0.717) is 56.5 Å². The molecule has 5 atom stereocenters. The van der Waals surface area contributed by atoms with Crippen LogP contribution in [0.3, 0.4) is 0 Å². The van der Waals surface area contributed by atoms with Gasteiger partial charge in [-0.05, 0) is 102 Å². The minimum Gasteiger partial charge on any atom is -0.464 e. The minimum absolute atomic E-state index is 0.114. The van der Waals surface area contributed by atoms with E-state index in [-0.39, 0.29) is 37.0 Å². The number of esters is 1. The van der Waals surface area contributed by atoms with Crippen LogP contribution in [0.1, 0.15) is 96.0 Å². The average Bonchev–Trinajstić information content (AvgIpc) is 3.78. The van der Waals surface area contributed by atoms with Crippen LogP contribution in [0.2, 0.25) is 0 Å². The average molecular weight is 912 g/mol. The van der Waals surface area contributed by atoms with Crippen molar-refractivity contribution in [3.8, 4) is 22.5 Å². The SMILES string of the molecule is CCn1c(-c2cccnc2[C@H](C)OC)c2c3cc(ccc31)-c1csc(n1)C[C@H](NC(=O)C(C(C)C)N(C)C(=O)N1CCC[C@@H](N(C)C)CC1)C(=O)N1CCC[C@H](N1)C(=O)OCC(C)(C)C2. The zero-order valence-electron chi connectivity index (χ0n) is 40.0. The van der Waals surface area contributed by atoms with Gasteiger partial charge in [-0.1, -0.05) is 33.8 Å². The van der Waals surface area contributed by atoms with Crippen molar-refractivity contribution in [2.75, 3.05) is 54.5 Å². The summed E-state index contributed by atoms with van der Waals surface area (Å²) >= 11 is 1.44. The number of benzene rings is 1. The highest BCUT2D eigenvalue weighted by Crippen LogP contribution is 2.42. The fourth-order valence-electron chi connectivity index (χ4n) is 9.88. The Balaban J connectivity index is 1.26. The molecule has 16 heteroatoms. The summed E-state index contributed by atoms with van der Waals surface area (Å²) < 4.78 is 14.3. The standard InChI is InChI=1S/C49H69N9O6S/c1-11-57-40-19-18-32-25-35(40)36(44(57)34-16-12-21-50-42(34)31(4)63-10)27-49(5,6)29-64-47(61)37-17-14-23-58(53-37)46(60)38(26-41-51-39(32)28-65-41)52-45(59)43(30(2)3)55(9)48(62)56-22-13-15-33(20-24-56)54(7)8/h12,16,18-19,21,25,28,30-31,33,37-38,43,53H,11,13-15,17,20,22-24,26-27,29H2,1-10H3,(H,52,59)/t31-,33+,37-,38-,43?/m0/s1. The number of pyridine rings is 1. The number of nitrogens with zero attached hydrogens (tertiary/aromatic N) is 7. The number of likely N-dealkylation sites (tertiary alicyclic amines) is 1. The Labute approximate surface area is 388 Å². The molecule has 1 unspecified atom stereocenters. The number of hydrogen-bond donors (Lipinski definition) is 2. The van der Waals surface area contributed by atoms with E-state index < -0.39 is 35.4 Å². The summed E-state index contributed by atoms with van der Waals surface area (Å²) in [5.41, 5.74) is 9.42. The lowest BCUT2D eigenvalue weighted by Gasteiger charge is -2.37. The first-order valence-corrected chi connectivity index (χ1v) is 24.2.